The van der Waals surface area contributed by atoms with E-state index in [4.69, 9.17) is 28.5 Å². The van der Waals surface area contributed by atoms with E-state index in [0.29, 0.717) is 15.6 Å². The molecule has 0 aromatic heterocycles. The topological polar surface area (TPSA) is 50.1 Å². The molecule has 0 radical (unpaired) electrons. The maximum Gasteiger partial charge on any atom is 0.331 e. The van der Waals surface area contributed by atoms with Crippen LogP contribution in [0.15, 0.2) is 24.3 Å². The van der Waals surface area contributed by atoms with Gasteiger partial charge in [0, 0.05) is 16.1 Å². The Morgan fingerprint density at radius 3 is 2.88 bits per heavy atom. The molecule has 5 heteroatoms. The molecule has 1 aromatic carbocycles. The Hall–Kier alpha value is -1.50. The van der Waals surface area contributed by atoms with Crippen LogP contribution in [-0.2, 0) is 9.53 Å². The quantitative estimate of drug-likeness (QED) is 0.616. The Kier molecular flexibility index (Phi) is 4.84. The van der Waals surface area contributed by atoms with Gasteiger partial charge < -0.3 is 4.74 Å². The molecule has 0 bridgehead atoms. The number of esters is 1. The molecule has 0 N–H and O–H groups in total. The predicted molar refractivity (Wildman–Crippen MR) is 62.1 cm³/mol. The van der Waals surface area contributed by atoms with Crippen molar-refractivity contribution in [1.82, 2.24) is 0 Å². The van der Waals surface area contributed by atoms with Crippen molar-refractivity contribution < 1.29 is 9.53 Å². The lowest BCUT2D eigenvalue weighted by Crippen LogP contribution is -1.99. The fourth-order valence-electron chi connectivity index (χ4n) is 0.946. The molecule has 3 nitrogen and oxygen atoms in total. The lowest BCUT2D eigenvalue weighted by atomic mass is 10.2. The molecule has 0 aliphatic heterocycles. The second-order valence-electron chi connectivity index (χ2n) is 2.76. The van der Waals surface area contributed by atoms with Crippen LogP contribution in [0.25, 0.3) is 6.08 Å². The molecular formula is C11H7Cl2NO2. The highest BCUT2D eigenvalue weighted by Gasteiger charge is 1.99. The van der Waals surface area contributed by atoms with Crippen molar-refractivity contribution in [2.45, 2.75) is 0 Å². The third kappa shape index (κ3) is 3.93. The highest BCUT2D eigenvalue weighted by Crippen LogP contribution is 2.21. The van der Waals surface area contributed by atoms with Crippen LogP contribution in [0.5, 0.6) is 0 Å². The maximum atomic E-state index is 11.0. The Balaban J connectivity index is 2.70. The first-order valence-corrected chi connectivity index (χ1v) is 5.06. The number of nitriles is 1. The zero-order valence-corrected chi connectivity index (χ0v) is 9.63. The summed E-state index contributed by atoms with van der Waals surface area (Å²) in [5, 5.41) is 9.15. The monoisotopic (exact) mass is 255 g/mol. The van der Waals surface area contributed by atoms with Gasteiger partial charge in [-0.3, -0.25) is 0 Å². The van der Waals surface area contributed by atoms with Crippen molar-refractivity contribution in [1.29, 1.82) is 5.26 Å². The van der Waals surface area contributed by atoms with Crippen LogP contribution in [0.2, 0.25) is 10.0 Å². The zero-order valence-electron chi connectivity index (χ0n) is 8.11. The summed E-state index contributed by atoms with van der Waals surface area (Å²) in [6, 6.07) is 6.61. The van der Waals surface area contributed by atoms with Crippen molar-refractivity contribution in [3.63, 3.8) is 0 Å². The van der Waals surface area contributed by atoms with E-state index in [9.17, 15) is 4.79 Å². The zero-order chi connectivity index (χ0) is 12.0. The summed E-state index contributed by atoms with van der Waals surface area (Å²) in [7, 11) is 0. The van der Waals surface area contributed by atoms with E-state index in [-0.39, 0.29) is 6.61 Å². The minimum atomic E-state index is -0.590. The number of benzene rings is 1. The first-order valence-electron chi connectivity index (χ1n) is 4.30. The average molecular weight is 256 g/mol. The average Bonchev–Trinajstić information content (AvgIpc) is 2.25. The summed E-state index contributed by atoms with van der Waals surface area (Å²) in [6.07, 6.45) is 2.70. The molecule has 1 aromatic rings. The molecule has 0 aliphatic rings. The van der Waals surface area contributed by atoms with Crippen LogP contribution in [0.4, 0.5) is 0 Å². The van der Waals surface area contributed by atoms with Gasteiger partial charge in [-0.1, -0.05) is 29.3 Å². The van der Waals surface area contributed by atoms with Crippen molar-refractivity contribution in [3.8, 4) is 6.07 Å². The van der Waals surface area contributed by atoms with Crippen LogP contribution < -0.4 is 0 Å². The molecule has 0 aliphatic carbocycles. The third-order valence-electron chi connectivity index (χ3n) is 1.64. The maximum absolute atomic E-state index is 11.0. The molecule has 0 fully saturated rings. The Morgan fingerprint density at radius 1 is 1.50 bits per heavy atom. The molecule has 1 rings (SSSR count). The second kappa shape index (κ2) is 6.16. The van der Waals surface area contributed by atoms with Gasteiger partial charge in [0.05, 0.1) is 0 Å². The smallest absolute Gasteiger partial charge is 0.331 e. The van der Waals surface area contributed by atoms with Crippen molar-refractivity contribution in [2.75, 3.05) is 6.61 Å². The molecule has 0 heterocycles. The second-order valence-corrected chi connectivity index (χ2v) is 3.61. The number of carbonyl (C=O) groups excluding carboxylic acids is 1. The molecule has 0 saturated carbocycles. The lowest BCUT2D eigenvalue weighted by Gasteiger charge is -1.98. The van der Waals surface area contributed by atoms with Gasteiger partial charge in [0.1, 0.15) is 6.07 Å². The number of rotatable bonds is 3. The minimum absolute atomic E-state index is 0.266. The van der Waals surface area contributed by atoms with Gasteiger partial charge in [-0.15, -0.1) is 0 Å². The first kappa shape index (κ1) is 12.6. The fourth-order valence-corrected chi connectivity index (χ4v) is 1.42. The largest absolute Gasteiger partial charge is 0.447 e. The highest BCUT2D eigenvalue weighted by atomic mass is 35.5. The van der Waals surface area contributed by atoms with E-state index in [0.717, 1.165) is 0 Å². The van der Waals surface area contributed by atoms with E-state index >= 15 is 0 Å². The molecule has 0 spiro atoms. The van der Waals surface area contributed by atoms with Crippen LogP contribution in [0, 0.1) is 11.3 Å². The third-order valence-corrected chi connectivity index (χ3v) is 2.20. The van der Waals surface area contributed by atoms with Crippen LogP contribution in [-0.4, -0.2) is 12.6 Å². The molecule has 0 atom stereocenters. The number of halogens is 2. The summed E-state index contributed by atoms with van der Waals surface area (Å²) in [5.74, 6) is -0.590. The van der Waals surface area contributed by atoms with Gasteiger partial charge >= 0.3 is 5.97 Å². The van der Waals surface area contributed by atoms with Gasteiger partial charge in [-0.2, -0.15) is 5.26 Å². The van der Waals surface area contributed by atoms with E-state index in [2.05, 4.69) is 4.74 Å². The van der Waals surface area contributed by atoms with Gasteiger partial charge in [0.2, 0.25) is 0 Å². The normalized spacial score (nSPS) is 10.1. The van der Waals surface area contributed by atoms with Gasteiger partial charge in [0.15, 0.2) is 6.61 Å². The Bertz CT molecular complexity index is 464. The van der Waals surface area contributed by atoms with Crippen LogP contribution >= 0.6 is 23.2 Å². The Morgan fingerprint density at radius 2 is 2.25 bits per heavy atom. The SMILES string of the molecule is N#CCOC(=O)C=Cc1ccc(Cl)cc1Cl. The van der Waals surface area contributed by atoms with Crippen molar-refractivity contribution >= 4 is 35.2 Å². The summed E-state index contributed by atoms with van der Waals surface area (Å²) >= 11 is 11.6. The molecule has 82 valence electrons. The van der Waals surface area contributed by atoms with E-state index in [1.807, 2.05) is 0 Å². The molecule has 16 heavy (non-hydrogen) atoms. The molecular weight excluding hydrogens is 249 g/mol. The number of ether oxygens (including phenoxy) is 1. The van der Waals surface area contributed by atoms with Crippen molar-refractivity contribution in [3.05, 3.63) is 39.9 Å². The highest BCUT2D eigenvalue weighted by molar-refractivity contribution is 6.35. The summed E-state index contributed by atoms with van der Waals surface area (Å²) in [4.78, 5) is 11.0. The molecule has 0 unspecified atom stereocenters. The number of carbonyl (C=O) groups is 1. The predicted octanol–water partition coefficient (Wildman–Crippen LogP) is 3.07. The minimum Gasteiger partial charge on any atom is -0.447 e. The van der Waals surface area contributed by atoms with E-state index in [1.54, 1.807) is 24.3 Å². The molecule has 0 saturated heterocycles. The first-order chi connectivity index (χ1) is 7.63. The number of hydrogen-bond donors (Lipinski definition) is 0. The Labute approximate surface area is 103 Å². The number of nitrogens with zero attached hydrogens (tertiary/aromatic N) is 1. The number of hydrogen-bond acceptors (Lipinski definition) is 3. The van der Waals surface area contributed by atoms with E-state index < -0.39 is 5.97 Å². The fraction of sp³-hybridized carbons (Fsp3) is 0.0909. The summed E-state index contributed by atoms with van der Waals surface area (Å²) in [6.45, 7) is -0.266. The van der Waals surface area contributed by atoms with Gasteiger partial charge in [-0.25, -0.2) is 4.79 Å². The van der Waals surface area contributed by atoms with Crippen molar-refractivity contribution in [2.24, 2.45) is 0 Å². The lowest BCUT2D eigenvalue weighted by molar-refractivity contribution is -0.136. The van der Waals surface area contributed by atoms with Crippen LogP contribution in [0.3, 0.4) is 0 Å². The van der Waals surface area contributed by atoms with Crippen LogP contribution in [0.1, 0.15) is 5.56 Å². The van der Waals surface area contributed by atoms with Gasteiger partial charge in [0.25, 0.3) is 0 Å². The molecule has 0 amide bonds. The van der Waals surface area contributed by atoms with E-state index in [1.165, 1.54) is 12.2 Å². The van der Waals surface area contributed by atoms with Gasteiger partial charge in [-0.05, 0) is 23.8 Å². The summed E-state index contributed by atoms with van der Waals surface area (Å²) < 4.78 is 4.52. The standard InChI is InChI=1S/C11H7Cl2NO2/c12-9-3-1-8(10(13)7-9)2-4-11(15)16-6-5-14/h1-4,7H,6H2. The summed E-state index contributed by atoms with van der Waals surface area (Å²) in [5.41, 5.74) is 0.653.